The van der Waals surface area contributed by atoms with Crippen molar-refractivity contribution in [2.24, 2.45) is 0 Å². The number of aromatic nitrogens is 1. The van der Waals surface area contributed by atoms with Crippen molar-refractivity contribution in [3.8, 4) is 5.75 Å². The molecule has 0 aliphatic rings. The number of amides is 1. The lowest BCUT2D eigenvalue weighted by Gasteiger charge is -2.04. The van der Waals surface area contributed by atoms with Crippen molar-refractivity contribution >= 4 is 50.0 Å². The highest BCUT2D eigenvalue weighted by molar-refractivity contribution is 7.98. The number of thiazole rings is 1. The number of carbonyl (C=O) groups is 1. The number of hydrogen-bond acceptors (Lipinski definition) is 7. The molecule has 0 radical (unpaired) electrons. The number of nitro benzene ring substituents is 1. The Hall–Kier alpha value is -2.65. The number of ether oxygens (including phenoxy) is 1. The monoisotopic (exact) mass is 375 g/mol. The number of nitrogens with one attached hydrogen (secondary N) is 1. The van der Waals surface area contributed by atoms with E-state index in [0.717, 1.165) is 9.60 Å². The first kappa shape index (κ1) is 17.2. The van der Waals surface area contributed by atoms with Crippen LogP contribution in [0.4, 0.5) is 10.8 Å². The van der Waals surface area contributed by atoms with E-state index >= 15 is 0 Å². The zero-order valence-corrected chi connectivity index (χ0v) is 14.9. The van der Waals surface area contributed by atoms with Crippen LogP contribution in [-0.4, -0.2) is 29.2 Å². The van der Waals surface area contributed by atoms with Crippen LogP contribution < -0.4 is 10.1 Å². The van der Waals surface area contributed by atoms with Gasteiger partial charge in [-0.2, -0.15) is 0 Å². The van der Waals surface area contributed by atoms with Crippen molar-refractivity contribution in [3.05, 3.63) is 52.1 Å². The number of methoxy groups -OCH3 is 1. The van der Waals surface area contributed by atoms with Crippen LogP contribution in [-0.2, 0) is 0 Å². The Morgan fingerprint density at radius 3 is 2.80 bits per heavy atom. The first-order valence-electron chi connectivity index (χ1n) is 7.10. The van der Waals surface area contributed by atoms with E-state index in [-0.39, 0.29) is 11.3 Å². The molecular weight excluding hydrogens is 362 g/mol. The van der Waals surface area contributed by atoms with Crippen LogP contribution in [0.25, 0.3) is 10.2 Å². The molecule has 128 valence electrons. The minimum atomic E-state index is -0.567. The molecule has 1 heterocycles. The summed E-state index contributed by atoms with van der Waals surface area (Å²) in [4.78, 5) is 28.2. The summed E-state index contributed by atoms with van der Waals surface area (Å²) >= 11 is 2.68. The van der Waals surface area contributed by atoms with Gasteiger partial charge < -0.3 is 4.74 Å². The molecule has 3 rings (SSSR count). The van der Waals surface area contributed by atoms with Crippen LogP contribution in [0.3, 0.4) is 0 Å². The smallest absolute Gasteiger partial charge is 0.282 e. The van der Waals surface area contributed by atoms with Gasteiger partial charge in [0.1, 0.15) is 11.3 Å². The van der Waals surface area contributed by atoms with Crippen LogP contribution >= 0.6 is 23.1 Å². The molecule has 0 unspecified atom stereocenters. The van der Waals surface area contributed by atoms with E-state index in [1.54, 1.807) is 25.3 Å². The molecule has 0 aliphatic carbocycles. The SMILES string of the molecule is COc1ccc2nc(NC(=O)c3cc(SC)ccc3[N+](=O)[O-])sc2c1. The molecule has 3 aromatic rings. The van der Waals surface area contributed by atoms with Gasteiger partial charge in [-0.15, -0.1) is 11.8 Å². The number of nitro groups is 1. The molecule has 7 nitrogen and oxygen atoms in total. The van der Waals surface area contributed by atoms with Gasteiger partial charge in [0.2, 0.25) is 0 Å². The van der Waals surface area contributed by atoms with Gasteiger partial charge in [-0.25, -0.2) is 4.98 Å². The van der Waals surface area contributed by atoms with Crippen LogP contribution in [0.2, 0.25) is 0 Å². The molecule has 25 heavy (non-hydrogen) atoms. The Balaban J connectivity index is 1.93. The Morgan fingerprint density at radius 1 is 1.32 bits per heavy atom. The van der Waals surface area contributed by atoms with E-state index in [9.17, 15) is 14.9 Å². The average Bonchev–Trinajstić information content (AvgIpc) is 3.01. The lowest BCUT2D eigenvalue weighted by Crippen LogP contribution is -2.14. The Kier molecular flexibility index (Phi) is 4.86. The summed E-state index contributed by atoms with van der Waals surface area (Å²) in [5.41, 5.74) is 0.486. The standard InChI is InChI=1S/C16H13N3O4S2/c1-23-9-3-5-12-14(7-9)25-16(17-12)18-15(20)11-8-10(24-2)4-6-13(11)19(21)22/h3-8H,1-2H3,(H,17,18,20). The first-order valence-corrected chi connectivity index (χ1v) is 9.14. The van der Waals surface area contributed by atoms with Gasteiger partial charge in [0, 0.05) is 11.0 Å². The van der Waals surface area contributed by atoms with Crippen molar-refractivity contribution in [1.82, 2.24) is 4.98 Å². The second-order valence-electron chi connectivity index (χ2n) is 4.95. The van der Waals surface area contributed by atoms with Gasteiger partial charge in [0.05, 0.1) is 22.2 Å². The molecule has 1 aromatic heterocycles. The molecule has 0 fully saturated rings. The number of nitrogens with zero attached hydrogens (tertiary/aromatic N) is 2. The second kappa shape index (κ2) is 7.08. The molecule has 0 aliphatic heterocycles. The normalized spacial score (nSPS) is 10.6. The zero-order chi connectivity index (χ0) is 18.0. The van der Waals surface area contributed by atoms with Crippen LogP contribution in [0.15, 0.2) is 41.3 Å². The zero-order valence-electron chi connectivity index (χ0n) is 13.3. The Morgan fingerprint density at radius 2 is 2.12 bits per heavy atom. The largest absolute Gasteiger partial charge is 0.497 e. The van der Waals surface area contributed by atoms with Gasteiger partial charge in [-0.1, -0.05) is 11.3 Å². The quantitative estimate of drug-likeness (QED) is 0.408. The molecule has 0 saturated heterocycles. The maximum absolute atomic E-state index is 12.5. The number of rotatable bonds is 5. The molecule has 1 amide bonds. The van der Waals surface area contributed by atoms with Gasteiger partial charge in [0.25, 0.3) is 11.6 Å². The molecule has 1 N–H and O–H groups in total. The van der Waals surface area contributed by atoms with E-state index < -0.39 is 10.8 Å². The predicted octanol–water partition coefficient (Wildman–Crippen LogP) is 4.19. The number of benzene rings is 2. The minimum Gasteiger partial charge on any atom is -0.497 e. The molecule has 0 atom stereocenters. The molecule has 0 bridgehead atoms. The van der Waals surface area contributed by atoms with Crippen LogP contribution in [0.5, 0.6) is 5.75 Å². The van der Waals surface area contributed by atoms with Gasteiger partial charge in [-0.3, -0.25) is 20.2 Å². The van der Waals surface area contributed by atoms with Gasteiger partial charge in [-0.05, 0) is 36.6 Å². The number of anilines is 1. The van der Waals surface area contributed by atoms with E-state index in [4.69, 9.17) is 4.74 Å². The fourth-order valence-electron chi connectivity index (χ4n) is 2.23. The van der Waals surface area contributed by atoms with Crippen molar-refractivity contribution in [2.75, 3.05) is 18.7 Å². The summed E-state index contributed by atoms with van der Waals surface area (Å²) in [5.74, 6) is 0.131. The van der Waals surface area contributed by atoms with Gasteiger partial charge in [0.15, 0.2) is 5.13 Å². The van der Waals surface area contributed by atoms with E-state index in [2.05, 4.69) is 10.3 Å². The summed E-state index contributed by atoms with van der Waals surface area (Å²) < 4.78 is 6.01. The van der Waals surface area contributed by atoms with Crippen molar-refractivity contribution in [3.63, 3.8) is 0 Å². The van der Waals surface area contributed by atoms with Crippen molar-refractivity contribution in [1.29, 1.82) is 0 Å². The molecule has 0 saturated carbocycles. The fourth-order valence-corrected chi connectivity index (χ4v) is 3.56. The van der Waals surface area contributed by atoms with E-state index in [0.29, 0.717) is 16.4 Å². The summed E-state index contributed by atoms with van der Waals surface area (Å²) in [6, 6.07) is 9.85. The number of fused-ring (bicyclic) bond motifs is 1. The third-order valence-corrected chi connectivity index (χ3v) is 5.12. The lowest BCUT2D eigenvalue weighted by molar-refractivity contribution is -0.385. The molecule has 0 spiro atoms. The fraction of sp³-hybridized carbons (Fsp3) is 0.125. The van der Waals surface area contributed by atoms with Crippen molar-refractivity contribution < 1.29 is 14.5 Å². The van der Waals surface area contributed by atoms with E-state index in [1.165, 1.54) is 35.2 Å². The highest BCUT2D eigenvalue weighted by atomic mass is 32.2. The highest BCUT2D eigenvalue weighted by Gasteiger charge is 2.21. The van der Waals surface area contributed by atoms with Crippen LogP contribution in [0.1, 0.15) is 10.4 Å². The number of hydrogen-bond donors (Lipinski definition) is 1. The lowest BCUT2D eigenvalue weighted by atomic mass is 10.1. The maximum atomic E-state index is 12.5. The van der Waals surface area contributed by atoms with Crippen LogP contribution in [0, 0.1) is 10.1 Å². The third-order valence-electron chi connectivity index (χ3n) is 3.46. The predicted molar refractivity (Wildman–Crippen MR) is 99.0 cm³/mol. The van der Waals surface area contributed by atoms with Crippen molar-refractivity contribution in [2.45, 2.75) is 4.90 Å². The molecule has 2 aromatic carbocycles. The third kappa shape index (κ3) is 3.57. The molecular formula is C16H13N3O4S2. The summed E-state index contributed by atoms with van der Waals surface area (Å²) in [5, 5.41) is 14.2. The molecule has 9 heteroatoms. The first-order chi connectivity index (χ1) is 12.0. The summed E-state index contributed by atoms with van der Waals surface area (Å²) in [7, 11) is 1.57. The number of thioether (sulfide) groups is 1. The summed E-state index contributed by atoms with van der Waals surface area (Å²) in [6.45, 7) is 0. The maximum Gasteiger partial charge on any atom is 0.282 e. The minimum absolute atomic E-state index is 0.00804. The Bertz CT molecular complexity index is 971. The van der Waals surface area contributed by atoms with E-state index in [1.807, 2.05) is 12.3 Å². The van der Waals surface area contributed by atoms with Gasteiger partial charge >= 0.3 is 0 Å². The number of carbonyl (C=O) groups excluding carboxylic acids is 1. The summed E-state index contributed by atoms with van der Waals surface area (Å²) in [6.07, 6.45) is 1.84. The Labute approximate surface area is 151 Å². The highest BCUT2D eigenvalue weighted by Crippen LogP contribution is 2.30. The topological polar surface area (TPSA) is 94.4 Å². The second-order valence-corrected chi connectivity index (χ2v) is 6.86. The average molecular weight is 375 g/mol.